The second-order valence-corrected chi connectivity index (χ2v) is 6.69. The van der Waals surface area contributed by atoms with Crippen LogP contribution in [0.5, 0.6) is 0 Å². The number of carbonyl (C=O) groups excluding carboxylic acids is 2. The summed E-state index contributed by atoms with van der Waals surface area (Å²) in [6.07, 6.45) is 3.09. The lowest BCUT2D eigenvalue weighted by molar-refractivity contribution is -0.114. The number of halogens is 1. The normalized spacial score (nSPS) is 11.0. The number of carbonyl (C=O) groups is 2. The SMILES string of the molecule is CC(=O)Nc1cc(NC(=O)C=Cc2nc3ccccc3s2)ccc1Cl. The highest BCUT2D eigenvalue weighted by Crippen LogP contribution is 2.26. The number of hydrogen-bond donors (Lipinski definition) is 2. The van der Waals surface area contributed by atoms with Crippen molar-refractivity contribution in [2.24, 2.45) is 0 Å². The largest absolute Gasteiger partial charge is 0.325 e. The number of aromatic nitrogens is 1. The lowest BCUT2D eigenvalue weighted by Crippen LogP contribution is -2.10. The first-order valence-corrected chi connectivity index (χ1v) is 8.62. The fourth-order valence-electron chi connectivity index (χ4n) is 2.18. The van der Waals surface area contributed by atoms with E-state index in [1.165, 1.54) is 24.3 Å². The van der Waals surface area contributed by atoms with Gasteiger partial charge < -0.3 is 10.6 Å². The van der Waals surface area contributed by atoms with Crippen LogP contribution in [-0.2, 0) is 9.59 Å². The van der Waals surface area contributed by atoms with Gasteiger partial charge in [-0.05, 0) is 36.4 Å². The van der Waals surface area contributed by atoms with Crippen LogP contribution in [-0.4, -0.2) is 16.8 Å². The number of thiazole rings is 1. The van der Waals surface area contributed by atoms with E-state index in [2.05, 4.69) is 15.6 Å². The van der Waals surface area contributed by atoms with Crippen molar-refractivity contribution in [3.8, 4) is 0 Å². The zero-order valence-corrected chi connectivity index (χ0v) is 14.8. The predicted octanol–water partition coefficient (Wildman–Crippen LogP) is 4.56. The molecular weight excluding hydrogens is 358 g/mol. The second kappa shape index (κ2) is 7.46. The van der Waals surface area contributed by atoms with Crippen LogP contribution >= 0.6 is 22.9 Å². The summed E-state index contributed by atoms with van der Waals surface area (Å²) >= 11 is 7.52. The summed E-state index contributed by atoms with van der Waals surface area (Å²) in [6, 6.07) is 12.7. The van der Waals surface area contributed by atoms with E-state index >= 15 is 0 Å². The van der Waals surface area contributed by atoms with Crippen molar-refractivity contribution in [3.05, 3.63) is 58.6 Å². The topological polar surface area (TPSA) is 71.1 Å². The zero-order valence-electron chi connectivity index (χ0n) is 13.2. The Bertz CT molecular complexity index is 948. The molecular formula is C18H14ClN3O2S. The Kier molecular flexibility index (Phi) is 5.11. The Morgan fingerprint density at radius 1 is 1.16 bits per heavy atom. The Balaban J connectivity index is 1.70. The molecule has 2 amide bonds. The molecule has 3 aromatic rings. The van der Waals surface area contributed by atoms with Gasteiger partial charge in [-0.25, -0.2) is 4.98 Å². The van der Waals surface area contributed by atoms with E-state index in [1.807, 2.05) is 24.3 Å². The standard InChI is InChI=1S/C18H14ClN3O2S/c1-11(23)20-15-10-12(6-7-13(15)19)21-17(24)8-9-18-22-14-4-2-3-5-16(14)25-18/h2-10H,1H3,(H,20,23)(H,21,24). The molecule has 5 nitrogen and oxygen atoms in total. The predicted molar refractivity (Wildman–Crippen MR) is 103 cm³/mol. The van der Waals surface area contributed by atoms with Gasteiger partial charge in [-0.2, -0.15) is 0 Å². The third-order valence-corrected chi connectivity index (χ3v) is 4.56. The van der Waals surface area contributed by atoms with Crippen LogP contribution in [0.4, 0.5) is 11.4 Å². The van der Waals surface area contributed by atoms with Gasteiger partial charge in [-0.15, -0.1) is 11.3 Å². The van der Waals surface area contributed by atoms with Crippen LogP contribution < -0.4 is 10.6 Å². The lowest BCUT2D eigenvalue weighted by atomic mass is 10.2. The van der Waals surface area contributed by atoms with Crippen molar-refractivity contribution in [1.29, 1.82) is 0 Å². The first-order valence-electron chi connectivity index (χ1n) is 7.43. The zero-order chi connectivity index (χ0) is 17.8. The van der Waals surface area contributed by atoms with Crippen LogP contribution in [0.1, 0.15) is 11.9 Å². The molecule has 3 rings (SSSR count). The van der Waals surface area contributed by atoms with Crippen molar-refractivity contribution < 1.29 is 9.59 Å². The molecule has 1 aromatic heterocycles. The molecule has 0 unspecified atom stereocenters. The highest BCUT2D eigenvalue weighted by molar-refractivity contribution is 7.19. The minimum absolute atomic E-state index is 0.235. The Labute approximate surface area is 153 Å². The number of rotatable bonds is 4. The number of nitrogens with one attached hydrogen (secondary N) is 2. The number of fused-ring (bicyclic) bond motifs is 1. The van der Waals surface area contributed by atoms with E-state index in [9.17, 15) is 9.59 Å². The molecule has 0 bridgehead atoms. The number of anilines is 2. The summed E-state index contributed by atoms with van der Waals surface area (Å²) in [5.74, 6) is -0.531. The Hall–Kier alpha value is -2.70. The first kappa shape index (κ1) is 17.1. The maximum Gasteiger partial charge on any atom is 0.248 e. The van der Waals surface area contributed by atoms with Crippen molar-refractivity contribution in [3.63, 3.8) is 0 Å². The molecule has 0 atom stereocenters. The smallest absolute Gasteiger partial charge is 0.248 e. The average Bonchev–Trinajstić information content (AvgIpc) is 2.98. The summed E-state index contributed by atoms with van der Waals surface area (Å²) in [5, 5.41) is 6.50. The van der Waals surface area contributed by atoms with Gasteiger partial charge in [0.25, 0.3) is 0 Å². The second-order valence-electron chi connectivity index (χ2n) is 5.22. The Morgan fingerprint density at radius 3 is 2.72 bits per heavy atom. The van der Waals surface area contributed by atoms with Crippen LogP contribution in [0.15, 0.2) is 48.5 Å². The molecule has 7 heteroatoms. The maximum atomic E-state index is 12.1. The van der Waals surface area contributed by atoms with Crippen LogP contribution in [0, 0.1) is 0 Å². The molecule has 2 N–H and O–H groups in total. The minimum Gasteiger partial charge on any atom is -0.325 e. The molecule has 126 valence electrons. The molecule has 0 fully saturated rings. The molecule has 0 saturated heterocycles. The van der Waals surface area contributed by atoms with E-state index in [4.69, 9.17) is 11.6 Å². The number of amides is 2. The highest BCUT2D eigenvalue weighted by atomic mass is 35.5. The minimum atomic E-state index is -0.296. The van der Waals surface area contributed by atoms with Gasteiger partial charge in [0.05, 0.1) is 20.9 Å². The van der Waals surface area contributed by atoms with Gasteiger partial charge in [0.1, 0.15) is 5.01 Å². The average molecular weight is 372 g/mol. The molecule has 0 spiro atoms. The summed E-state index contributed by atoms with van der Waals surface area (Å²) < 4.78 is 1.07. The van der Waals surface area contributed by atoms with Gasteiger partial charge in [-0.1, -0.05) is 23.7 Å². The highest BCUT2D eigenvalue weighted by Gasteiger charge is 2.06. The number of para-hydroxylation sites is 1. The molecule has 25 heavy (non-hydrogen) atoms. The fraction of sp³-hybridized carbons (Fsp3) is 0.0556. The van der Waals surface area contributed by atoms with E-state index in [1.54, 1.807) is 24.3 Å². The monoisotopic (exact) mass is 371 g/mol. The van der Waals surface area contributed by atoms with Crippen molar-refractivity contribution >= 4 is 62.4 Å². The summed E-state index contributed by atoms with van der Waals surface area (Å²) in [7, 11) is 0. The number of hydrogen-bond acceptors (Lipinski definition) is 4. The van der Waals surface area contributed by atoms with E-state index < -0.39 is 0 Å². The molecule has 0 aliphatic heterocycles. The molecule has 2 aromatic carbocycles. The van der Waals surface area contributed by atoms with E-state index in [0.29, 0.717) is 16.4 Å². The summed E-state index contributed by atoms with van der Waals surface area (Å²) in [6.45, 7) is 1.39. The summed E-state index contributed by atoms with van der Waals surface area (Å²) in [5.41, 5.74) is 1.89. The van der Waals surface area contributed by atoms with E-state index in [0.717, 1.165) is 15.2 Å². The third kappa shape index (κ3) is 4.43. The first-order chi connectivity index (χ1) is 12.0. The van der Waals surface area contributed by atoms with Crippen LogP contribution in [0.3, 0.4) is 0 Å². The fourth-order valence-corrected chi connectivity index (χ4v) is 3.22. The van der Waals surface area contributed by atoms with Gasteiger partial charge >= 0.3 is 0 Å². The summed E-state index contributed by atoms with van der Waals surface area (Å²) in [4.78, 5) is 27.7. The van der Waals surface area contributed by atoms with Crippen molar-refractivity contribution in [2.45, 2.75) is 6.92 Å². The molecule has 1 heterocycles. The molecule has 0 radical (unpaired) electrons. The Morgan fingerprint density at radius 2 is 1.96 bits per heavy atom. The van der Waals surface area contributed by atoms with Crippen LogP contribution in [0.2, 0.25) is 5.02 Å². The van der Waals surface area contributed by atoms with E-state index in [-0.39, 0.29) is 11.8 Å². The van der Waals surface area contributed by atoms with Crippen molar-refractivity contribution in [2.75, 3.05) is 10.6 Å². The molecule has 0 aliphatic rings. The lowest BCUT2D eigenvalue weighted by Gasteiger charge is -2.08. The third-order valence-electron chi connectivity index (χ3n) is 3.23. The van der Waals surface area contributed by atoms with Gasteiger partial charge in [0, 0.05) is 18.7 Å². The molecule has 0 saturated carbocycles. The van der Waals surface area contributed by atoms with Gasteiger partial charge in [-0.3, -0.25) is 9.59 Å². The van der Waals surface area contributed by atoms with Gasteiger partial charge in [0.2, 0.25) is 11.8 Å². The quantitative estimate of drug-likeness (QED) is 0.660. The number of nitrogens with zero attached hydrogens (tertiary/aromatic N) is 1. The number of benzene rings is 2. The van der Waals surface area contributed by atoms with Gasteiger partial charge in [0.15, 0.2) is 0 Å². The van der Waals surface area contributed by atoms with Crippen molar-refractivity contribution in [1.82, 2.24) is 4.98 Å². The van der Waals surface area contributed by atoms with Crippen LogP contribution in [0.25, 0.3) is 16.3 Å². The molecule has 0 aliphatic carbocycles. The maximum absolute atomic E-state index is 12.1.